The average molecular weight is 280 g/mol. The van der Waals surface area contributed by atoms with Crippen molar-refractivity contribution >= 4 is 5.82 Å². The normalized spacial score (nSPS) is 22.8. The van der Waals surface area contributed by atoms with Gasteiger partial charge in [0.2, 0.25) is 0 Å². The monoisotopic (exact) mass is 280 g/mol. The van der Waals surface area contributed by atoms with Crippen molar-refractivity contribution in [2.75, 3.05) is 32.2 Å². The molecule has 2 rings (SSSR count). The molecule has 0 bridgehead atoms. The van der Waals surface area contributed by atoms with Gasteiger partial charge in [-0.25, -0.2) is 0 Å². The summed E-state index contributed by atoms with van der Waals surface area (Å²) in [5.41, 5.74) is 0.952. The molecule has 1 saturated heterocycles. The fourth-order valence-corrected chi connectivity index (χ4v) is 2.31. The van der Waals surface area contributed by atoms with Gasteiger partial charge in [-0.15, -0.1) is 5.10 Å². The smallest absolute Gasteiger partial charge is 0.151 e. The molecule has 6 nitrogen and oxygen atoms in total. The zero-order chi connectivity index (χ0) is 14.5. The lowest BCUT2D eigenvalue weighted by atomic mass is 10.3. The minimum Gasteiger partial charge on any atom is -0.377 e. The maximum Gasteiger partial charge on any atom is 0.151 e. The first-order valence-corrected chi connectivity index (χ1v) is 7.00. The molecule has 1 aliphatic heterocycles. The Hall–Kier alpha value is -1.24. The van der Waals surface area contributed by atoms with E-state index < -0.39 is 0 Å². The number of methoxy groups -OCH3 is 2. The predicted octanol–water partition coefficient (Wildman–Crippen LogP) is 0.825. The number of nitrogens with one attached hydrogen (secondary N) is 1. The van der Waals surface area contributed by atoms with Crippen LogP contribution in [-0.4, -0.2) is 55.8 Å². The molecule has 0 aromatic carbocycles. The summed E-state index contributed by atoms with van der Waals surface area (Å²) in [6.07, 6.45) is 0.174. The van der Waals surface area contributed by atoms with E-state index in [1.165, 1.54) is 0 Å². The van der Waals surface area contributed by atoms with Crippen molar-refractivity contribution in [3.63, 3.8) is 0 Å². The summed E-state index contributed by atoms with van der Waals surface area (Å²) in [6, 6.07) is 4.47. The van der Waals surface area contributed by atoms with Crippen LogP contribution in [0.1, 0.15) is 19.5 Å². The molecule has 1 N–H and O–H groups in total. The van der Waals surface area contributed by atoms with Crippen LogP contribution in [0, 0.1) is 0 Å². The van der Waals surface area contributed by atoms with Crippen LogP contribution >= 0.6 is 0 Å². The van der Waals surface area contributed by atoms with Crippen LogP contribution in [0.25, 0.3) is 0 Å². The van der Waals surface area contributed by atoms with Gasteiger partial charge in [-0.3, -0.25) is 0 Å². The topological polar surface area (TPSA) is 59.5 Å². The lowest BCUT2D eigenvalue weighted by Gasteiger charge is -2.16. The lowest BCUT2D eigenvalue weighted by molar-refractivity contribution is -0.00461. The Morgan fingerprint density at radius 3 is 2.30 bits per heavy atom. The highest BCUT2D eigenvalue weighted by atomic mass is 16.5. The van der Waals surface area contributed by atoms with Crippen molar-refractivity contribution in [3.8, 4) is 0 Å². The van der Waals surface area contributed by atoms with E-state index in [9.17, 15) is 0 Å². The summed E-state index contributed by atoms with van der Waals surface area (Å²) >= 11 is 0. The zero-order valence-corrected chi connectivity index (χ0v) is 12.7. The van der Waals surface area contributed by atoms with Crippen molar-refractivity contribution < 1.29 is 9.47 Å². The molecular formula is C14H24N4O2. The molecule has 0 radical (unpaired) electrons. The van der Waals surface area contributed by atoms with Crippen molar-refractivity contribution in [2.24, 2.45) is 0 Å². The Bertz CT molecular complexity index is 398. The first-order chi connectivity index (χ1) is 9.63. The molecule has 2 unspecified atom stereocenters. The second kappa shape index (κ2) is 6.97. The van der Waals surface area contributed by atoms with E-state index in [2.05, 4.69) is 34.3 Å². The Morgan fingerprint density at radius 1 is 1.20 bits per heavy atom. The quantitative estimate of drug-likeness (QED) is 0.833. The first-order valence-electron chi connectivity index (χ1n) is 7.00. The number of ether oxygens (including phenoxy) is 2. The van der Waals surface area contributed by atoms with E-state index >= 15 is 0 Å². The molecule has 1 fully saturated rings. The number of nitrogens with zero attached hydrogens (tertiary/aromatic N) is 3. The van der Waals surface area contributed by atoms with E-state index in [-0.39, 0.29) is 12.2 Å². The zero-order valence-electron chi connectivity index (χ0n) is 12.7. The van der Waals surface area contributed by atoms with Crippen LogP contribution in [0.2, 0.25) is 0 Å². The van der Waals surface area contributed by atoms with E-state index in [1.54, 1.807) is 14.2 Å². The summed E-state index contributed by atoms with van der Waals surface area (Å²) < 4.78 is 10.9. The molecule has 0 spiro atoms. The minimum atomic E-state index is 0.0871. The Labute approximate surface area is 120 Å². The molecule has 1 aliphatic rings. The molecule has 112 valence electrons. The summed E-state index contributed by atoms with van der Waals surface area (Å²) in [6.45, 7) is 6.54. The van der Waals surface area contributed by atoms with Gasteiger partial charge in [-0.05, 0) is 12.1 Å². The standard InChI is InChI=1S/C14H24N4O2/c1-10(2)15-7-11-5-6-14(17-16-11)18-8-12(19-3)13(9-18)20-4/h5-6,10,12-13,15H,7-9H2,1-4H3. The maximum atomic E-state index is 5.43. The molecule has 20 heavy (non-hydrogen) atoms. The van der Waals surface area contributed by atoms with E-state index in [0.29, 0.717) is 6.04 Å². The second-order valence-corrected chi connectivity index (χ2v) is 5.37. The molecule has 0 amide bonds. The predicted molar refractivity (Wildman–Crippen MR) is 77.8 cm³/mol. The molecule has 6 heteroatoms. The van der Waals surface area contributed by atoms with Gasteiger partial charge in [0, 0.05) is 39.9 Å². The Morgan fingerprint density at radius 2 is 1.85 bits per heavy atom. The highest BCUT2D eigenvalue weighted by molar-refractivity contribution is 5.39. The molecule has 0 aliphatic carbocycles. The third kappa shape index (κ3) is 3.65. The van der Waals surface area contributed by atoms with Crippen LogP contribution < -0.4 is 10.2 Å². The maximum absolute atomic E-state index is 5.43. The van der Waals surface area contributed by atoms with Crippen LogP contribution in [0.3, 0.4) is 0 Å². The summed E-state index contributed by atoms with van der Waals surface area (Å²) in [7, 11) is 3.43. The largest absolute Gasteiger partial charge is 0.377 e. The Balaban J connectivity index is 1.96. The van der Waals surface area contributed by atoms with Crippen molar-refractivity contribution in [2.45, 2.75) is 38.6 Å². The Kier molecular flexibility index (Phi) is 5.28. The molecule has 1 aromatic heterocycles. The minimum absolute atomic E-state index is 0.0871. The van der Waals surface area contributed by atoms with Crippen molar-refractivity contribution in [1.29, 1.82) is 0 Å². The molecule has 0 saturated carbocycles. The number of aromatic nitrogens is 2. The highest BCUT2D eigenvalue weighted by Crippen LogP contribution is 2.21. The summed E-state index contributed by atoms with van der Waals surface area (Å²) in [5.74, 6) is 0.875. The fourth-order valence-electron chi connectivity index (χ4n) is 2.31. The van der Waals surface area contributed by atoms with Crippen LogP contribution in [-0.2, 0) is 16.0 Å². The van der Waals surface area contributed by atoms with Gasteiger partial charge in [-0.1, -0.05) is 13.8 Å². The third-order valence-electron chi connectivity index (χ3n) is 3.54. The van der Waals surface area contributed by atoms with Crippen LogP contribution in [0.4, 0.5) is 5.82 Å². The molecular weight excluding hydrogens is 256 g/mol. The van der Waals surface area contributed by atoms with Crippen LogP contribution in [0.5, 0.6) is 0 Å². The summed E-state index contributed by atoms with van der Waals surface area (Å²) in [4.78, 5) is 2.15. The van der Waals surface area contributed by atoms with Gasteiger partial charge in [-0.2, -0.15) is 5.10 Å². The average Bonchev–Trinajstić information content (AvgIpc) is 2.89. The van der Waals surface area contributed by atoms with Gasteiger partial charge in [0.25, 0.3) is 0 Å². The molecule has 2 heterocycles. The van der Waals surface area contributed by atoms with E-state index in [0.717, 1.165) is 31.1 Å². The number of hydrogen-bond donors (Lipinski definition) is 1. The van der Waals surface area contributed by atoms with Crippen molar-refractivity contribution in [1.82, 2.24) is 15.5 Å². The van der Waals surface area contributed by atoms with Gasteiger partial charge in [0.05, 0.1) is 5.69 Å². The molecule has 1 aromatic rings. The van der Waals surface area contributed by atoms with E-state index in [4.69, 9.17) is 9.47 Å². The first kappa shape index (κ1) is 15.2. The van der Waals surface area contributed by atoms with Gasteiger partial charge in [0.15, 0.2) is 5.82 Å². The third-order valence-corrected chi connectivity index (χ3v) is 3.54. The fraction of sp³-hybridized carbons (Fsp3) is 0.714. The number of anilines is 1. The second-order valence-electron chi connectivity index (χ2n) is 5.37. The SMILES string of the molecule is COC1CN(c2ccc(CNC(C)C)nn2)CC1OC. The molecule has 2 atom stereocenters. The summed E-state index contributed by atoms with van der Waals surface area (Å²) in [5, 5.41) is 11.9. The van der Waals surface area contributed by atoms with Gasteiger partial charge in [0.1, 0.15) is 12.2 Å². The van der Waals surface area contributed by atoms with Gasteiger partial charge < -0.3 is 19.7 Å². The van der Waals surface area contributed by atoms with Crippen LogP contribution in [0.15, 0.2) is 12.1 Å². The van der Waals surface area contributed by atoms with Gasteiger partial charge >= 0.3 is 0 Å². The van der Waals surface area contributed by atoms with Crippen molar-refractivity contribution in [3.05, 3.63) is 17.8 Å². The number of rotatable bonds is 6. The lowest BCUT2D eigenvalue weighted by Crippen LogP contribution is -2.27. The highest BCUT2D eigenvalue weighted by Gasteiger charge is 2.33. The van der Waals surface area contributed by atoms with E-state index in [1.807, 2.05) is 12.1 Å². The number of hydrogen-bond acceptors (Lipinski definition) is 6.